The summed E-state index contributed by atoms with van der Waals surface area (Å²) in [6, 6.07) is -0.281. The highest BCUT2D eigenvalue weighted by Crippen LogP contribution is 2.40. The predicted octanol–water partition coefficient (Wildman–Crippen LogP) is 0.574. The Balaban J connectivity index is 1.83. The molecule has 0 aromatic heterocycles. The van der Waals surface area contributed by atoms with Gasteiger partial charge in [-0.15, -0.1) is 0 Å². The number of hydrogen-bond acceptors (Lipinski definition) is 4. The van der Waals surface area contributed by atoms with Crippen LogP contribution in [-0.2, 0) is 19.4 Å². The maximum atomic E-state index is 12.4. The highest BCUT2D eigenvalue weighted by atomic mass is 32.2. The standard InChI is InChI=1S/C15H26N2O4S/c1-3-6-17(7-4-2)15(19)13-9-12(13)14(18)16-11-5-8-22(20,21)10-11/h11-13H,3-10H2,1-2H3,(H,16,18). The van der Waals surface area contributed by atoms with E-state index in [2.05, 4.69) is 5.32 Å². The summed E-state index contributed by atoms with van der Waals surface area (Å²) in [5.41, 5.74) is 0. The molecule has 1 saturated heterocycles. The van der Waals surface area contributed by atoms with Gasteiger partial charge in [0.1, 0.15) is 0 Å². The third kappa shape index (κ3) is 4.21. The second-order valence-corrected chi connectivity index (χ2v) is 8.61. The third-order valence-corrected chi connectivity index (χ3v) is 6.09. The Labute approximate surface area is 132 Å². The average molecular weight is 330 g/mol. The molecule has 0 aromatic rings. The van der Waals surface area contributed by atoms with Gasteiger partial charge in [0.15, 0.2) is 9.84 Å². The van der Waals surface area contributed by atoms with E-state index in [-0.39, 0.29) is 41.2 Å². The van der Waals surface area contributed by atoms with E-state index in [9.17, 15) is 18.0 Å². The number of amides is 2. The van der Waals surface area contributed by atoms with Crippen molar-refractivity contribution in [3.63, 3.8) is 0 Å². The van der Waals surface area contributed by atoms with Gasteiger partial charge < -0.3 is 10.2 Å². The molecule has 2 fully saturated rings. The molecule has 0 bridgehead atoms. The fourth-order valence-electron chi connectivity index (χ4n) is 3.08. The number of nitrogens with one attached hydrogen (secondary N) is 1. The van der Waals surface area contributed by atoms with Gasteiger partial charge in [-0.3, -0.25) is 9.59 Å². The molecule has 6 nitrogen and oxygen atoms in total. The first kappa shape index (κ1) is 17.2. The number of carbonyl (C=O) groups excluding carboxylic acids is 2. The predicted molar refractivity (Wildman–Crippen MR) is 84.0 cm³/mol. The van der Waals surface area contributed by atoms with Crippen LogP contribution in [0.3, 0.4) is 0 Å². The van der Waals surface area contributed by atoms with E-state index in [1.165, 1.54) is 0 Å². The topological polar surface area (TPSA) is 83.6 Å². The quantitative estimate of drug-likeness (QED) is 0.740. The molecule has 126 valence electrons. The van der Waals surface area contributed by atoms with Crippen molar-refractivity contribution in [3.05, 3.63) is 0 Å². The molecule has 1 N–H and O–H groups in total. The van der Waals surface area contributed by atoms with Gasteiger partial charge in [0.2, 0.25) is 11.8 Å². The lowest BCUT2D eigenvalue weighted by molar-refractivity contribution is -0.135. The minimum Gasteiger partial charge on any atom is -0.352 e. The highest BCUT2D eigenvalue weighted by Gasteiger charge is 2.49. The zero-order chi connectivity index (χ0) is 16.3. The van der Waals surface area contributed by atoms with E-state index in [0.717, 1.165) is 25.9 Å². The average Bonchev–Trinajstić information content (AvgIpc) is 3.17. The summed E-state index contributed by atoms with van der Waals surface area (Å²) in [6.45, 7) is 5.54. The maximum absolute atomic E-state index is 12.4. The molecule has 22 heavy (non-hydrogen) atoms. The lowest BCUT2D eigenvalue weighted by Gasteiger charge is -2.21. The molecular weight excluding hydrogens is 304 g/mol. The normalized spacial score (nSPS) is 29.1. The van der Waals surface area contributed by atoms with Crippen LogP contribution < -0.4 is 5.32 Å². The van der Waals surface area contributed by atoms with Crippen molar-refractivity contribution in [1.29, 1.82) is 0 Å². The van der Waals surface area contributed by atoms with Crippen LogP contribution in [0.1, 0.15) is 39.5 Å². The summed E-state index contributed by atoms with van der Waals surface area (Å²) in [4.78, 5) is 26.4. The molecule has 1 heterocycles. The van der Waals surface area contributed by atoms with Gasteiger partial charge >= 0.3 is 0 Å². The molecule has 1 saturated carbocycles. The van der Waals surface area contributed by atoms with Crippen LogP contribution in [0.5, 0.6) is 0 Å². The lowest BCUT2D eigenvalue weighted by atomic mass is 10.2. The van der Waals surface area contributed by atoms with Crippen LogP contribution in [0.4, 0.5) is 0 Å². The van der Waals surface area contributed by atoms with Crippen molar-refractivity contribution in [2.24, 2.45) is 11.8 Å². The van der Waals surface area contributed by atoms with E-state index in [1.54, 1.807) is 0 Å². The van der Waals surface area contributed by atoms with Gasteiger partial charge in [0.25, 0.3) is 0 Å². The van der Waals surface area contributed by atoms with Gasteiger partial charge in [-0.05, 0) is 25.7 Å². The summed E-state index contributed by atoms with van der Waals surface area (Å²) < 4.78 is 22.8. The summed E-state index contributed by atoms with van der Waals surface area (Å²) in [5.74, 6) is -0.396. The maximum Gasteiger partial charge on any atom is 0.226 e. The molecule has 3 atom stereocenters. The molecule has 2 rings (SSSR count). The highest BCUT2D eigenvalue weighted by molar-refractivity contribution is 7.91. The van der Waals surface area contributed by atoms with Gasteiger partial charge in [0, 0.05) is 19.1 Å². The van der Waals surface area contributed by atoms with Crippen molar-refractivity contribution in [3.8, 4) is 0 Å². The van der Waals surface area contributed by atoms with Crippen molar-refractivity contribution >= 4 is 21.7 Å². The van der Waals surface area contributed by atoms with E-state index in [4.69, 9.17) is 0 Å². The molecule has 1 aliphatic carbocycles. The minimum atomic E-state index is -2.99. The van der Waals surface area contributed by atoms with Crippen LogP contribution in [-0.4, -0.2) is 55.8 Å². The first-order valence-electron chi connectivity index (χ1n) is 8.17. The van der Waals surface area contributed by atoms with Crippen molar-refractivity contribution in [2.45, 2.75) is 45.6 Å². The molecule has 0 radical (unpaired) electrons. The van der Waals surface area contributed by atoms with Gasteiger partial charge in [-0.1, -0.05) is 13.8 Å². The summed E-state index contributed by atoms with van der Waals surface area (Å²) in [5, 5.41) is 2.80. The Hall–Kier alpha value is -1.11. The van der Waals surface area contributed by atoms with Crippen LogP contribution in [0.25, 0.3) is 0 Å². The van der Waals surface area contributed by atoms with Gasteiger partial charge in [-0.2, -0.15) is 0 Å². The molecular formula is C15H26N2O4S. The molecule has 1 aliphatic heterocycles. The molecule has 3 unspecified atom stereocenters. The first-order valence-corrected chi connectivity index (χ1v) is 9.99. The molecule has 2 amide bonds. The van der Waals surface area contributed by atoms with E-state index >= 15 is 0 Å². The Kier molecular flexibility index (Phi) is 5.47. The number of nitrogens with zero attached hydrogens (tertiary/aromatic N) is 1. The fourth-order valence-corrected chi connectivity index (χ4v) is 4.75. The Morgan fingerprint density at radius 1 is 1.14 bits per heavy atom. The second kappa shape index (κ2) is 6.98. The monoisotopic (exact) mass is 330 g/mol. The van der Waals surface area contributed by atoms with E-state index < -0.39 is 9.84 Å². The van der Waals surface area contributed by atoms with Gasteiger partial charge in [-0.25, -0.2) is 8.42 Å². The van der Waals surface area contributed by atoms with Crippen molar-refractivity contribution < 1.29 is 18.0 Å². The Morgan fingerprint density at radius 2 is 1.77 bits per heavy atom. The van der Waals surface area contributed by atoms with E-state index in [1.807, 2.05) is 18.7 Å². The lowest BCUT2D eigenvalue weighted by Crippen LogP contribution is -2.39. The number of carbonyl (C=O) groups is 2. The summed E-state index contributed by atoms with van der Waals surface area (Å²) >= 11 is 0. The summed E-state index contributed by atoms with van der Waals surface area (Å²) in [6.07, 6.45) is 2.90. The second-order valence-electron chi connectivity index (χ2n) is 6.38. The van der Waals surface area contributed by atoms with Crippen molar-refractivity contribution in [2.75, 3.05) is 24.6 Å². The van der Waals surface area contributed by atoms with Crippen LogP contribution in [0.15, 0.2) is 0 Å². The number of sulfone groups is 1. The van der Waals surface area contributed by atoms with E-state index in [0.29, 0.717) is 12.8 Å². The smallest absolute Gasteiger partial charge is 0.226 e. The fraction of sp³-hybridized carbons (Fsp3) is 0.867. The van der Waals surface area contributed by atoms with Gasteiger partial charge in [0.05, 0.1) is 23.3 Å². The minimum absolute atomic E-state index is 0.0296. The Morgan fingerprint density at radius 3 is 2.27 bits per heavy atom. The molecule has 2 aliphatic rings. The van der Waals surface area contributed by atoms with Crippen molar-refractivity contribution in [1.82, 2.24) is 10.2 Å². The largest absolute Gasteiger partial charge is 0.352 e. The third-order valence-electron chi connectivity index (χ3n) is 4.32. The zero-order valence-corrected chi connectivity index (χ0v) is 14.2. The molecule has 7 heteroatoms. The van der Waals surface area contributed by atoms with Crippen LogP contribution >= 0.6 is 0 Å². The molecule has 0 spiro atoms. The number of hydrogen-bond donors (Lipinski definition) is 1. The molecule has 0 aromatic carbocycles. The Bertz CT molecular complexity index is 526. The van der Waals surface area contributed by atoms with Crippen LogP contribution in [0.2, 0.25) is 0 Å². The SMILES string of the molecule is CCCN(CCC)C(=O)C1CC1C(=O)NC1CCS(=O)(=O)C1. The summed E-state index contributed by atoms with van der Waals surface area (Å²) in [7, 11) is -2.99. The zero-order valence-electron chi connectivity index (χ0n) is 13.4. The van der Waals surface area contributed by atoms with Crippen LogP contribution in [0, 0.1) is 11.8 Å². The number of rotatable bonds is 7. The first-order chi connectivity index (χ1) is 10.4.